The standard InChI is InChI=1S/C21H18F3N5O5/c22-21(23,24)12-2-1-3-13(9-12)26-20(33)29-19-17(18(25)32)27-15(28-19)8-11-4-6-14(7-5-11)34-10-16(30)31/h1-7,9H,8,10H2,(H2,25,32)(H,27,28)(H,30,31)(H2,26,29,33). The van der Waals surface area contributed by atoms with Gasteiger partial charge >= 0.3 is 18.2 Å². The van der Waals surface area contributed by atoms with Gasteiger partial charge in [-0.25, -0.2) is 14.6 Å². The quantitative estimate of drug-likeness (QED) is 0.335. The van der Waals surface area contributed by atoms with Gasteiger partial charge in [-0.15, -0.1) is 0 Å². The molecule has 0 bridgehead atoms. The number of nitrogens with one attached hydrogen (secondary N) is 3. The number of nitrogens with zero attached hydrogens (tertiary/aromatic N) is 1. The van der Waals surface area contributed by atoms with Gasteiger partial charge in [-0.05, 0) is 35.9 Å². The molecule has 13 heteroatoms. The smallest absolute Gasteiger partial charge is 0.416 e. The normalized spacial score (nSPS) is 11.0. The van der Waals surface area contributed by atoms with E-state index < -0.39 is 36.3 Å². The number of carboxylic acid groups (broad SMARTS) is 1. The lowest BCUT2D eigenvalue weighted by Gasteiger charge is -2.10. The number of aromatic nitrogens is 2. The molecule has 34 heavy (non-hydrogen) atoms. The molecular formula is C21H18F3N5O5. The van der Waals surface area contributed by atoms with Crippen LogP contribution in [0.3, 0.4) is 0 Å². The molecule has 0 saturated heterocycles. The zero-order valence-corrected chi connectivity index (χ0v) is 17.3. The van der Waals surface area contributed by atoms with Crippen LogP contribution in [0, 0.1) is 0 Å². The molecule has 178 valence electrons. The predicted octanol–water partition coefficient (Wildman–Crippen LogP) is 3.23. The van der Waals surface area contributed by atoms with Crippen molar-refractivity contribution in [3.63, 3.8) is 0 Å². The zero-order valence-electron chi connectivity index (χ0n) is 17.3. The fourth-order valence-corrected chi connectivity index (χ4v) is 2.86. The van der Waals surface area contributed by atoms with Crippen molar-refractivity contribution >= 4 is 29.4 Å². The Morgan fingerprint density at radius 3 is 2.41 bits per heavy atom. The number of hydrogen-bond donors (Lipinski definition) is 5. The molecule has 0 radical (unpaired) electrons. The van der Waals surface area contributed by atoms with Crippen molar-refractivity contribution in [1.29, 1.82) is 0 Å². The maximum absolute atomic E-state index is 12.8. The topological polar surface area (TPSA) is 159 Å². The van der Waals surface area contributed by atoms with Gasteiger partial charge in [0.15, 0.2) is 12.4 Å². The average molecular weight is 477 g/mol. The number of ether oxygens (including phenoxy) is 1. The molecule has 0 saturated carbocycles. The first kappa shape index (κ1) is 24.1. The van der Waals surface area contributed by atoms with E-state index in [1.54, 1.807) is 24.3 Å². The van der Waals surface area contributed by atoms with Gasteiger partial charge in [0.25, 0.3) is 5.91 Å². The third-order valence-electron chi connectivity index (χ3n) is 4.34. The van der Waals surface area contributed by atoms with E-state index in [-0.39, 0.29) is 29.4 Å². The largest absolute Gasteiger partial charge is 0.482 e. The van der Waals surface area contributed by atoms with Crippen molar-refractivity contribution in [2.24, 2.45) is 5.73 Å². The number of carbonyl (C=O) groups is 3. The number of urea groups is 1. The summed E-state index contributed by atoms with van der Waals surface area (Å²) in [5.41, 5.74) is 4.78. The summed E-state index contributed by atoms with van der Waals surface area (Å²) in [4.78, 5) is 41.4. The number of aliphatic carboxylic acids is 1. The van der Waals surface area contributed by atoms with Crippen molar-refractivity contribution in [2.75, 3.05) is 17.2 Å². The molecule has 1 aromatic heterocycles. The molecule has 0 spiro atoms. The number of hydrogen-bond acceptors (Lipinski definition) is 5. The first-order valence-electron chi connectivity index (χ1n) is 9.59. The zero-order chi connectivity index (χ0) is 24.9. The van der Waals surface area contributed by atoms with Gasteiger partial charge in [0.05, 0.1) is 5.56 Å². The lowest BCUT2D eigenvalue weighted by Crippen LogP contribution is -2.22. The number of imidazole rings is 1. The molecule has 0 fully saturated rings. The van der Waals surface area contributed by atoms with Crippen LogP contribution in [0.15, 0.2) is 48.5 Å². The number of anilines is 2. The minimum Gasteiger partial charge on any atom is -0.482 e. The van der Waals surface area contributed by atoms with Gasteiger partial charge in [-0.3, -0.25) is 10.1 Å². The van der Waals surface area contributed by atoms with Crippen LogP contribution in [0.25, 0.3) is 0 Å². The monoisotopic (exact) mass is 477 g/mol. The van der Waals surface area contributed by atoms with E-state index in [4.69, 9.17) is 15.6 Å². The minimum absolute atomic E-state index is 0.117. The number of carbonyl (C=O) groups excluding carboxylic acids is 2. The van der Waals surface area contributed by atoms with E-state index in [0.29, 0.717) is 11.3 Å². The van der Waals surface area contributed by atoms with Gasteiger partial charge < -0.3 is 25.9 Å². The number of alkyl halides is 3. The first-order valence-corrected chi connectivity index (χ1v) is 9.59. The third-order valence-corrected chi connectivity index (χ3v) is 4.34. The number of primary amides is 1. The summed E-state index contributed by atoms with van der Waals surface area (Å²) in [6, 6.07) is 9.50. The molecule has 10 nitrogen and oxygen atoms in total. The first-order chi connectivity index (χ1) is 16.0. The summed E-state index contributed by atoms with van der Waals surface area (Å²) in [6.45, 7) is -0.489. The number of amides is 3. The van der Waals surface area contributed by atoms with Gasteiger partial charge in [0.2, 0.25) is 0 Å². The van der Waals surface area contributed by atoms with Crippen molar-refractivity contribution in [3.8, 4) is 5.75 Å². The summed E-state index contributed by atoms with van der Waals surface area (Å²) in [5.74, 6) is -1.62. The second-order valence-corrected chi connectivity index (χ2v) is 6.93. The number of rotatable bonds is 8. The van der Waals surface area contributed by atoms with Gasteiger partial charge in [-0.1, -0.05) is 18.2 Å². The maximum Gasteiger partial charge on any atom is 0.416 e. The molecule has 3 aromatic rings. The van der Waals surface area contributed by atoms with Gasteiger partial charge in [0.1, 0.15) is 17.3 Å². The van der Waals surface area contributed by atoms with E-state index in [1.165, 1.54) is 6.07 Å². The molecule has 3 amide bonds. The van der Waals surface area contributed by atoms with Crippen molar-refractivity contribution in [1.82, 2.24) is 9.97 Å². The molecular weight excluding hydrogens is 459 g/mol. The van der Waals surface area contributed by atoms with E-state index in [9.17, 15) is 27.6 Å². The number of aromatic amines is 1. The molecule has 3 rings (SSSR count). The minimum atomic E-state index is -4.58. The summed E-state index contributed by atoms with van der Waals surface area (Å²) < 4.78 is 43.6. The summed E-state index contributed by atoms with van der Waals surface area (Å²) >= 11 is 0. The van der Waals surface area contributed by atoms with Crippen LogP contribution >= 0.6 is 0 Å². The van der Waals surface area contributed by atoms with Crippen LogP contribution in [0.5, 0.6) is 5.75 Å². The Balaban J connectivity index is 1.70. The molecule has 0 atom stereocenters. The molecule has 6 N–H and O–H groups in total. The van der Waals surface area contributed by atoms with Crippen LogP contribution in [0.1, 0.15) is 27.4 Å². The number of carboxylic acids is 1. The second kappa shape index (κ2) is 9.94. The SMILES string of the molecule is NC(=O)c1[nH]c(Cc2ccc(OCC(=O)O)cc2)nc1NC(=O)Nc1cccc(C(F)(F)F)c1. The number of benzene rings is 2. The Morgan fingerprint density at radius 2 is 1.79 bits per heavy atom. The van der Waals surface area contributed by atoms with Gasteiger partial charge in [0, 0.05) is 12.1 Å². The number of halogens is 3. The number of H-pyrrole nitrogens is 1. The van der Waals surface area contributed by atoms with Crippen LogP contribution in [-0.2, 0) is 17.4 Å². The lowest BCUT2D eigenvalue weighted by atomic mass is 10.1. The lowest BCUT2D eigenvalue weighted by molar-refractivity contribution is -0.139. The molecule has 0 aliphatic heterocycles. The Bertz CT molecular complexity index is 1210. The highest BCUT2D eigenvalue weighted by Crippen LogP contribution is 2.30. The third kappa shape index (κ3) is 6.48. The van der Waals surface area contributed by atoms with Crippen molar-refractivity contribution < 1.29 is 37.4 Å². The van der Waals surface area contributed by atoms with E-state index >= 15 is 0 Å². The molecule has 1 heterocycles. The fraction of sp³-hybridized carbons (Fsp3) is 0.143. The van der Waals surface area contributed by atoms with E-state index in [2.05, 4.69) is 20.6 Å². The van der Waals surface area contributed by atoms with Gasteiger partial charge in [-0.2, -0.15) is 13.2 Å². The number of nitrogens with two attached hydrogens (primary N) is 1. The Labute approximate surface area is 189 Å². The highest BCUT2D eigenvalue weighted by atomic mass is 19.4. The maximum atomic E-state index is 12.8. The van der Waals surface area contributed by atoms with Crippen LogP contribution in [-0.4, -0.2) is 39.6 Å². The summed E-state index contributed by atoms with van der Waals surface area (Å²) in [7, 11) is 0. The Morgan fingerprint density at radius 1 is 1.09 bits per heavy atom. The second-order valence-electron chi connectivity index (χ2n) is 6.93. The van der Waals surface area contributed by atoms with Crippen molar-refractivity contribution in [3.05, 3.63) is 71.2 Å². The van der Waals surface area contributed by atoms with Crippen molar-refractivity contribution in [2.45, 2.75) is 12.6 Å². The molecule has 2 aromatic carbocycles. The van der Waals surface area contributed by atoms with Crippen LogP contribution in [0.4, 0.5) is 29.5 Å². The Hall–Kier alpha value is -4.55. The van der Waals surface area contributed by atoms with Crippen LogP contribution in [0.2, 0.25) is 0 Å². The van der Waals surface area contributed by atoms with Crippen LogP contribution < -0.4 is 21.1 Å². The fourth-order valence-electron chi connectivity index (χ4n) is 2.86. The van der Waals surface area contributed by atoms with E-state index in [0.717, 1.165) is 18.2 Å². The predicted molar refractivity (Wildman–Crippen MR) is 114 cm³/mol. The average Bonchev–Trinajstić information content (AvgIpc) is 3.15. The summed E-state index contributed by atoms with van der Waals surface area (Å²) in [6.07, 6.45) is -4.39. The molecule has 0 aliphatic rings. The summed E-state index contributed by atoms with van der Waals surface area (Å²) in [5, 5.41) is 13.2. The Kier molecular flexibility index (Phi) is 7.04. The van der Waals surface area contributed by atoms with E-state index in [1.807, 2.05) is 0 Å². The molecule has 0 unspecified atom stereocenters. The highest BCUT2D eigenvalue weighted by Gasteiger charge is 2.30. The highest BCUT2D eigenvalue weighted by molar-refractivity contribution is 6.04. The molecule has 0 aliphatic carbocycles.